The first-order valence-corrected chi connectivity index (χ1v) is 8.48. The standard InChI is InChI=1S/C15H14Cl3NS/c1-8(9-2-3-11(16)12(17)6-9)19-13-4-5-14-10(13)7-15(18)20-14/h2-3,6-8,13,19H,4-5H2,1H3. The summed E-state index contributed by atoms with van der Waals surface area (Å²) < 4.78 is 0.878. The molecule has 1 aromatic carbocycles. The number of fused-ring (bicyclic) bond motifs is 1. The van der Waals surface area contributed by atoms with Crippen molar-refractivity contribution in [1.82, 2.24) is 5.32 Å². The van der Waals surface area contributed by atoms with Gasteiger partial charge < -0.3 is 5.32 Å². The molecule has 0 spiro atoms. The van der Waals surface area contributed by atoms with E-state index in [2.05, 4.69) is 18.3 Å². The lowest BCUT2D eigenvalue weighted by Crippen LogP contribution is -2.22. The van der Waals surface area contributed by atoms with Crippen molar-refractivity contribution in [3.8, 4) is 0 Å². The Morgan fingerprint density at radius 2 is 2.00 bits per heavy atom. The minimum atomic E-state index is 0.222. The Morgan fingerprint density at radius 3 is 2.75 bits per heavy atom. The van der Waals surface area contributed by atoms with Crippen LogP contribution in [-0.4, -0.2) is 0 Å². The van der Waals surface area contributed by atoms with Gasteiger partial charge in [0.1, 0.15) is 0 Å². The van der Waals surface area contributed by atoms with Gasteiger partial charge in [-0.1, -0.05) is 40.9 Å². The van der Waals surface area contributed by atoms with Crippen LogP contribution in [0.25, 0.3) is 0 Å². The fourth-order valence-electron chi connectivity index (χ4n) is 2.68. The maximum Gasteiger partial charge on any atom is 0.0934 e. The lowest BCUT2D eigenvalue weighted by molar-refractivity contribution is 0.465. The highest BCUT2D eigenvalue weighted by molar-refractivity contribution is 7.16. The Bertz CT molecular complexity index is 638. The molecule has 0 fully saturated rings. The van der Waals surface area contributed by atoms with Crippen molar-refractivity contribution in [2.75, 3.05) is 0 Å². The van der Waals surface area contributed by atoms with Crippen LogP contribution in [0.15, 0.2) is 24.3 Å². The second-order valence-corrected chi connectivity index (χ2v) is 7.66. The highest BCUT2D eigenvalue weighted by Crippen LogP contribution is 2.40. The Morgan fingerprint density at radius 1 is 1.20 bits per heavy atom. The predicted octanol–water partition coefficient (Wildman–Crippen LogP) is 6.05. The summed E-state index contributed by atoms with van der Waals surface area (Å²) in [5, 5.41) is 4.85. The van der Waals surface area contributed by atoms with E-state index in [1.54, 1.807) is 11.3 Å². The van der Waals surface area contributed by atoms with Crippen LogP contribution >= 0.6 is 46.1 Å². The summed E-state index contributed by atoms with van der Waals surface area (Å²) in [4.78, 5) is 1.41. The van der Waals surface area contributed by atoms with Crippen molar-refractivity contribution in [2.24, 2.45) is 0 Å². The Kier molecular flexibility index (Phi) is 4.30. The lowest BCUT2D eigenvalue weighted by Gasteiger charge is -2.20. The van der Waals surface area contributed by atoms with Crippen LogP contribution in [0.1, 0.15) is 41.4 Å². The first-order valence-electron chi connectivity index (χ1n) is 6.53. The van der Waals surface area contributed by atoms with Gasteiger partial charge in [0.25, 0.3) is 0 Å². The van der Waals surface area contributed by atoms with Gasteiger partial charge in [0.05, 0.1) is 14.4 Å². The van der Waals surface area contributed by atoms with Gasteiger partial charge in [0.2, 0.25) is 0 Å². The van der Waals surface area contributed by atoms with Crippen molar-refractivity contribution in [3.63, 3.8) is 0 Å². The summed E-state index contributed by atoms with van der Waals surface area (Å²) in [6.07, 6.45) is 2.24. The monoisotopic (exact) mass is 345 g/mol. The molecular formula is C15H14Cl3NS. The summed E-state index contributed by atoms with van der Waals surface area (Å²) in [6.45, 7) is 2.14. The number of benzene rings is 1. The number of halogens is 3. The second-order valence-electron chi connectivity index (χ2n) is 5.08. The van der Waals surface area contributed by atoms with E-state index >= 15 is 0 Å². The molecular weight excluding hydrogens is 333 g/mol. The highest BCUT2D eigenvalue weighted by atomic mass is 35.5. The number of hydrogen-bond acceptors (Lipinski definition) is 2. The molecule has 0 saturated carbocycles. The van der Waals surface area contributed by atoms with Gasteiger partial charge in [-0.25, -0.2) is 0 Å². The van der Waals surface area contributed by atoms with E-state index in [-0.39, 0.29) is 6.04 Å². The van der Waals surface area contributed by atoms with Gasteiger partial charge >= 0.3 is 0 Å². The molecule has 2 aromatic rings. The average Bonchev–Trinajstić information content (AvgIpc) is 2.93. The van der Waals surface area contributed by atoms with Crippen molar-refractivity contribution < 1.29 is 0 Å². The number of hydrogen-bond donors (Lipinski definition) is 1. The molecule has 0 radical (unpaired) electrons. The van der Waals surface area contributed by atoms with Gasteiger partial charge in [-0.2, -0.15) is 0 Å². The normalized spacial score (nSPS) is 19.1. The molecule has 1 aliphatic carbocycles. The quantitative estimate of drug-likeness (QED) is 0.713. The summed E-state index contributed by atoms with van der Waals surface area (Å²) in [6, 6.07) is 8.48. The van der Waals surface area contributed by atoms with E-state index in [1.165, 1.54) is 10.4 Å². The molecule has 1 aromatic heterocycles. The molecule has 0 saturated heterocycles. The summed E-state index contributed by atoms with van der Waals surface area (Å²) in [5.74, 6) is 0. The summed E-state index contributed by atoms with van der Waals surface area (Å²) in [7, 11) is 0. The second kappa shape index (κ2) is 5.86. The third-order valence-corrected chi connectivity index (χ3v) is 5.82. The predicted molar refractivity (Wildman–Crippen MR) is 88.4 cm³/mol. The van der Waals surface area contributed by atoms with Crippen LogP contribution in [0.2, 0.25) is 14.4 Å². The van der Waals surface area contributed by atoms with E-state index in [0.29, 0.717) is 16.1 Å². The molecule has 106 valence electrons. The fraction of sp³-hybridized carbons (Fsp3) is 0.333. The third-order valence-electron chi connectivity index (χ3n) is 3.74. The molecule has 0 amide bonds. The van der Waals surface area contributed by atoms with E-state index in [1.807, 2.05) is 18.2 Å². The topological polar surface area (TPSA) is 12.0 Å². The Labute approximate surface area is 137 Å². The molecule has 1 heterocycles. The highest BCUT2D eigenvalue weighted by Gasteiger charge is 2.26. The van der Waals surface area contributed by atoms with E-state index in [0.717, 1.165) is 22.7 Å². The zero-order valence-corrected chi connectivity index (χ0v) is 14.0. The average molecular weight is 347 g/mol. The zero-order valence-electron chi connectivity index (χ0n) is 10.9. The van der Waals surface area contributed by atoms with Crippen LogP contribution in [0.5, 0.6) is 0 Å². The van der Waals surface area contributed by atoms with E-state index in [4.69, 9.17) is 34.8 Å². The van der Waals surface area contributed by atoms with E-state index in [9.17, 15) is 0 Å². The van der Waals surface area contributed by atoms with Crippen LogP contribution in [0.3, 0.4) is 0 Å². The van der Waals surface area contributed by atoms with Crippen LogP contribution in [-0.2, 0) is 6.42 Å². The molecule has 1 N–H and O–H groups in total. The first kappa shape index (κ1) is 14.7. The van der Waals surface area contributed by atoms with Gasteiger partial charge in [-0.15, -0.1) is 11.3 Å². The van der Waals surface area contributed by atoms with Crippen LogP contribution in [0.4, 0.5) is 0 Å². The molecule has 2 unspecified atom stereocenters. The van der Waals surface area contributed by atoms with Crippen LogP contribution in [0, 0.1) is 0 Å². The number of nitrogens with one attached hydrogen (secondary N) is 1. The van der Waals surface area contributed by atoms with Crippen molar-refractivity contribution in [2.45, 2.75) is 31.8 Å². The molecule has 1 nitrogen and oxygen atoms in total. The zero-order chi connectivity index (χ0) is 14.3. The number of aryl methyl sites for hydroxylation is 1. The minimum Gasteiger partial charge on any atom is -0.303 e. The maximum absolute atomic E-state index is 6.09. The van der Waals surface area contributed by atoms with Gasteiger partial charge in [0, 0.05) is 17.0 Å². The smallest absolute Gasteiger partial charge is 0.0934 e. The molecule has 20 heavy (non-hydrogen) atoms. The largest absolute Gasteiger partial charge is 0.303 e. The SMILES string of the molecule is CC(NC1CCc2sc(Cl)cc21)c1ccc(Cl)c(Cl)c1. The molecule has 3 rings (SSSR count). The van der Waals surface area contributed by atoms with Gasteiger partial charge in [-0.3, -0.25) is 0 Å². The van der Waals surface area contributed by atoms with E-state index < -0.39 is 0 Å². The lowest BCUT2D eigenvalue weighted by atomic mass is 10.1. The minimum absolute atomic E-state index is 0.222. The molecule has 2 atom stereocenters. The number of rotatable bonds is 3. The summed E-state index contributed by atoms with van der Waals surface area (Å²) >= 11 is 19.8. The first-order chi connectivity index (χ1) is 9.54. The molecule has 0 bridgehead atoms. The molecule has 0 aliphatic heterocycles. The summed E-state index contributed by atoms with van der Waals surface area (Å²) in [5.41, 5.74) is 2.50. The third kappa shape index (κ3) is 2.86. The maximum atomic E-state index is 6.09. The van der Waals surface area contributed by atoms with Crippen molar-refractivity contribution in [3.05, 3.63) is 54.7 Å². The van der Waals surface area contributed by atoms with Gasteiger partial charge in [-0.05, 0) is 49.1 Å². The Hall–Kier alpha value is -0.250. The number of thiophene rings is 1. The molecule has 1 aliphatic rings. The van der Waals surface area contributed by atoms with Crippen LogP contribution < -0.4 is 5.32 Å². The van der Waals surface area contributed by atoms with Crippen molar-refractivity contribution in [1.29, 1.82) is 0 Å². The van der Waals surface area contributed by atoms with Crippen molar-refractivity contribution >= 4 is 46.1 Å². The van der Waals surface area contributed by atoms with Gasteiger partial charge in [0.15, 0.2) is 0 Å². The Balaban J connectivity index is 1.76. The fourth-order valence-corrected chi connectivity index (χ4v) is 4.35. The molecule has 5 heteroatoms.